The van der Waals surface area contributed by atoms with Crippen LogP contribution < -0.4 is 5.32 Å². The zero-order valence-corrected chi connectivity index (χ0v) is 17.1. The van der Waals surface area contributed by atoms with Crippen LogP contribution in [-0.2, 0) is 18.3 Å². The molecule has 1 aromatic carbocycles. The van der Waals surface area contributed by atoms with Gasteiger partial charge in [0.25, 0.3) is 0 Å². The molecule has 1 unspecified atom stereocenters. The molecule has 3 aliphatic carbocycles. The summed E-state index contributed by atoms with van der Waals surface area (Å²) in [7, 11) is 0. The van der Waals surface area contributed by atoms with Crippen LogP contribution in [0.5, 0.6) is 5.75 Å². The number of aromatic hydroxyl groups is 1. The highest BCUT2D eigenvalue weighted by Gasteiger charge is 2.72. The highest BCUT2D eigenvalue weighted by molar-refractivity contribution is 5.81. The molecular formula is C24H24N4O3. The van der Waals surface area contributed by atoms with Crippen LogP contribution in [0, 0.1) is 5.92 Å². The van der Waals surface area contributed by atoms with Gasteiger partial charge in [0.1, 0.15) is 17.0 Å². The van der Waals surface area contributed by atoms with Crippen molar-refractivity contribution in [3.05, 3.63) is 47.0 Å². The minimum absolute atomic E-state index is 0.0453. The molecule has 31 heavy (non-hydrogen) atoms. The zero-order valence-electron chi connectivity index (χ0n) is 17.1. The first-order valence-electron chi connectivity index (χ1n) is 11.4. The summed E-state index contributed by atoms with van der Waals surface area (Å²) in [5.74, 6) is 1.84. The van der Waals surface area contributed by atoms with Crippen molar-refractivity contribution in [3.63, 3.8) is 0 Å². The maximum Gasteiger partial charge on any atom is 0.245 e. The molecule has 2 bridgehead atoms. The Morgan fingerprint density at radius 2 is 2.10 bits per heavy atom. The highest BCUT2D eigenvalue weighted by Crippen LogP contribution is 2.68. The number of nitrogens with one attached hydrogen (secondary N) is 1. The van der Waals surface area contributed by atoms with Gasteiger partial charge in [-0.25, -0.2) is 9.97 Å². The minimum atomic E-state index is -0.953. The summed E-state index contributed by atoms with van der Waals surface area (Å²) in [4.78, 5) is 11.5. The lowest BCUT2D eigenvalue weighted by Crippen LogP contribution is -2.74. The quantitative estimate of drug-likeness (QED) is 0.553. The number of anilines is 1. The van der Waals surface area contributed by atoms with Crippen molar-refractivity contribution in [2.75, 3.05) is 18.4 Å². The summed E-state index contributed by atoms with van der Waals surface area (Å²) in [5.41, 5.74) is 3.89. The first-order chi connectivity index (χ1) is 15.1. The highest BCUT2D eigenvalue weighted by atomic mass is 16.3. The number of nitrogens with zero attached hydrogens (tertiary/aromatic N) is 3. The molecule has 7 heteroatoms. The molecule has 2 fully saturated rings. The number of phenolic OH excluding ortho intramolecular Hbond substituents is 1. The molecule has 3 aromatic rings. The van der Waals surface area contributed by atoms with Crippen molar-refractivity contribution in [2.45, 2.75) is 55.2 Å². The molecule has 2 aliphatic heterocycles. The molecule has 8 rings (SSSR count). The van der Waals surface area contributed by atoms with Gasteiger partial charge in [0.2, 0.25) is 5.71 Å². The zero-order chi connectivity index (χ0) is 20.5. The Kier molecular flexibility index (Phi) is 2.86. The standard InChI is InChI=1S/C24H24N4O3/c29-15-4-3-13-9-16-24(30)10-14-18-22(26-7-6-25-18)31-20(14)21-23(24,17(13)19(15)27-21)5-8-28(16)11-12-1-2-12/h3-4,6-7,12,16,21,27,29-30H,1-2,5,8-11H2/t16?,21-,23-,24+/m0/s1. The average Bonchev–Trinajstić information content (AvgIpc) is 3.40. The third-order valence-corrected chi connectivity index (χ3v) is 8.82. The number of hydrogen-bond acceptors (Lipinski definition) is 7. The van der Waals surface area contributed by atoms with E-state index in [-0.39, 0.29) is 17.8 Å². The van der Waals surface area contributed by atoms with E-state index in [2.05, 4.69) is 26.3 Å². The molecule has 158 valence electrons. The number of phenols is 1. The van der Waals surface area contributed by atoms with E-state index in [1.807, 2.05) is 0 Å². The Morgan fingerprint density at radius 1 is 1.23 bits per heavy atom. The molecule has 1 spiro atoms. The average molecular weight is 416 g/mol. The van der Waals surface area contributed by atoms with Crippen LogP contribution in [0.4, 0.5) is 5.69 Å². The van der Waals surface area contributed by atoms with Crippen LogP contribution in [0.3, 0.4) is 0 Å². The number of fused-ring (bicyclic) bond motifs is 4. The molecule has 7 nitrogen and oxygen atoms in total. The lowest BCUT2D eigenvalue weighted by molar-refractivity contribution is -0.157. The number of benzene rings is 1. The molecule has 0 radical (unpaired) electrons. The van der Waals surface area contributed by atoms with Crippen molar-refractivity contribution in [2.24, 2.45) is 5.92 Å². The second-order valence-corrected chi connectivity index (χ2v) is 10.2. The number of aromatic nitrogens is 2. The lowest BCUT2D eigenvalue weighted by Gasteiger charge is -2.63. The fourth-order valence-electron chi connectivity index (χ4n) is 7.38. The van der Waals surface area contributed by atoms with Crippen molar-refractivity contribution >= 4 is 16.9 Å². The number of rotatable bonds is 2. The normalized spacial score (nSPS) is 35.0. The minimum Gasteiger partial charge on any atom is -0.506 e. The summed E-state index contributed by atoms with van der Waals surface area (Å²) >= 11 is 0. The first kappa shape index (κ1) is 17.0. The van der Waals surface area contributed by atoms with Gasteiger partial charge < -0.3 is 19.9 Å². The van der Waals surface area contributed by atoms with Gasteiger partial charge in [-0.15, -0.1) is 0 Å². The van der Waals surface area contributed by atoms with E-state index in [1.165, 1.54) is 18.4 Å². The van der Waals surface area contributed by atoms with Crippen molar-refractivity contribution < 1.29 is 14.6 Å². The maximum atomic E-state index is 12.7. The predicted molar refractivity (Wildman–Crippen MR) is 113 cm³/mol. The van der Waals surface area contributed by atoms with E-state index in [9.17, 15) is 10.2 Å². The lowest BCUT2D eigenvalue weighted by atomic mass is 9.49. The van der Waals surface area contributed by atoms with E-state index in [4.69, 9.17) is 4.42 Å². The van der Waals surface area contributed by atoms with Gasteiger partial charge in [-0.05, 0) is 55.3 Å². The van der Waals surface area contributed by atoms with E-state index in [0.717, 1.165) is 59.9 Å². The third-order valence-electron chi connectivity index (χ3n) is 8.82. The predicted octanol–water partition coefficient (Wildman–Crippen LogP) is 2.66. The van der Waals surface area contributed by atoms with Gasteiger partial charge in [0.05, 0.1) is 22.7 Å². The molecular weight excluding hydrogens is 392 g/mol. The monoisotopic (exact) mass is 416 g/mol. The van der Waals surface area contributed by atoms with Crippen LogP contribution in [-0.4, -0.2) is 49.8 Å². The number of furan rings is 1. The Hall–Kier alpha value is -2.64. The fraction of sp³-hybridized carbons (Fsp3) is 0.500. The molecule has 3 N–H and O–H groups in total. The second-order valence-electron chi connectivity index (χ2n) is 10.2. The molecule has 5 aliphatic rings. The molecule has 2 aromatic heterocycles. The van der Waals surface area contributed by atoms with Gasteiger partial charge in [0.15, 0.2) is 0 Å². The molecule has 0 amide bonds. The molecule has 1 saturated carbocycles. The van der Waals surface area contributed by atoms with Crippen LogP contribution in [0.15, 0.2) is 28.9 Å². The van der Waals surface area contributed by atoms with Crippen LogP contribution in [0.25, 0.3) is 11.2 Å². The van der Waals surface area contributed by atoms with E-state index < -0.39 is 11.0 Å². The summed E-state index contributed by atoms with van der Waals surface area (Å²) < 4.78 is 6.28. The third kappa shape index (κ3) is 1.82. The van der Waals surface area contributed by atoms with E-state index in [0.29, 0.717) is 12.1 Å². The summed E-state index contributed by atoms with van der Waals surface area (Å²) in [6.07, 6.45) is 8.09. The topological polar surface area (TPSA) is 94.7 Å². The van der Waals surface area contributed by atoms with Crippen molar-refractivity contribution in [1.29, 1.82) is 0 Å². The molecule has 1 saturated heterocycles. The second kappa shape index (κ2) is 5.22. The number of aliphatic hydroxyl groups is 1. The molecule has 4 atom stereocenters. The number of likely N-dealkylation sites (tertiary alicyclic amines) is 1. The van der Waals surface area contributed by atoms with Gasteiger partial charge >= 0.3 is 0 Å². The SMILES string of the molecule is Oc1ccc2c3c1N[C@H]1c4oc5nccnc5c4C[C@@]4(O)C(C2)N(CC2CC2)CC[C@]314. The Morgan fingerprint density at radius 3 is 2.97 bits per heavy atom. The van der Waals surface area contributed by atoms with E-state index in [1.54, 1.807) is 18.5 Å². The van der Waals surface area contributed by atoms with Crippen molar-refractivity contribution in [3.8, 4) is 5.75 Å². The Bertz CT molecular complexity index is 1280. The van der Waals surface area contributed by atoms with Crippen LogP contribution in [0.1, 0.15) is 47.8 Å². The smallest absolute Gasteiger partial charge is 0.245 e. The van der Waals surface area contributed by atoms with Crippen LogP contribution in [0.2, 0.25) is 0 Å². The largest absolute Gasteiger partial charge is 0.506 e. The number of piperidine rings is 1. The van der Waals surface area contributed by atoms with Gasteiger partial charge in [-0.3, -0.25) is 4.90 Å². The number of hydrogen-bond donors (Lipinski definition) is 3. The molecule has 4 heterocycles. The maximum absolute atomic E-state index is 12.7. The Labute approximate surface area is 179 Å². The van der Waals surface area contributed by atoms with Gasteiger partial charge in [0, 0.05) is 37.0 Å². The van der Waals surface area contributed by atoms with Crippen molar-refractivity contribution in [1.82, 2.24) is 14.9 Å². The Balaban J connectivity index is 1.43. The van der Waals surface area contributed by atoms with Gasteiger partial charge in [-0.2, -0.15) is 0 Å². The van der Waals surface area contributed by atoms with Gasteiger partial charge in [-0.1, -0.05) is 6.07 Å². The summed E-state index contributed by atoms with van der Waals surface area (Å²) in [6, 6.07) is 3.67. The summed E-state index contributed by atoms with van der Waals surface area (Å²) in [5, 5.41) is 27.0. The van der Waals surface area contributed by atoms with E-state index >= 15 is 0 Å². The fourth-order valence-corrected chi connectivity index (χ4v) is 7.38. The first-order valence-corrected chi connectivity index (χ1v) is 11.4. The summed E-state index contributed by atoms with van der Waals surface area (Å²) in [6.45, 7) is 2.03. The van der Waals surface area contributed by atoms with Crippen LogP contribution >= 0.6 is 0 Å².